The van der Waals surface area contributed by atoms with Gasteiger partial charge in [0.2, 0.25) is 11.6 Å². The Morgan fingerprint density at radius 2 is 0.800 bits per heavy atom. The number of anilines is 4. The number of nitrogens with zero attached hydrogens (tertiary/aromatic N) is 4. The first-order valence-corrected chi connectivity index (χ1v) is 16.7. The molecule has 0 radical (unpaired) electrons. The van der Waals surface area contributed by atoms with E-state index >= 15 is 0 Å². The minimum atomic E-state index is -1.07. The fraction of sp³-hybridized carbons (Fsp3) is 0.233. The van der Waals surface area contributed by atoms with E-state index in [2.05, 4.69) is 0 Å². The van der Waals surface area contributed by atoms with Crippen LogP contribution in [-0.4, -0.2) is 73.7 Å². The lowest BCUT2D eigenvalue weighted by atomic mass is 9.92. The topological polar surface area (TPSA) is 64.2 Å². The van der Waals surface area contributed by atoms with E-state index in [1.165, 1.54) is 6.08 Å². The van der Waals surface area contributed by atoms with E-state index in [-0.39, 0.29) is 12.0 Å². The number of rotatable bonds is 11. The van der Waals surface area contributed by atoms with Crippen LogP contribution in [0.1, 0.15) is 28.7 Å². The molecule has 0 aromatic heterocycles. The Balaban J connectivity index is 1.50. The standard InChI is InChI=1S/C43H46N4O3/c1-44(2)33-17-9-29(10-18-33)37(30-11-19-34(20-12-30)45(3)4)25-27-39-41(48)40(43(50)42(39)49)28-26-38(31-13-21-35(22-14-31)46(5)6)32-15-23-36(24-16-32)47(7)8/h9-27,40H,28H2,1-8H3/b39-27+. The van der Waals surface area contributed by atoms with E-state index in [0.29, 0.717) is 0 Å². The number of hydrogen-bond acceptors (Lipinski definition) is 7. The molecule has 0 spiro atoms. The monoisotopic (exact) mass is 666 g/mol. The summed E-state index contributed by atoms with van der Waals surface area (Å²) >= 11 is 0. The molecule has 1 unspecified atom stereocenters. The molecule has 256 valence electrons. The summed E-state index contributed by atoms with van der Waals surface area (Å²) in [6.07, 6.45) is 5.36. The second-order valence-corrected chi connectivity index (χ2v) is 13.4. The summed E-state index contributed by atoms with van der Waals surface area (Å²) in [6, 6.07) is 32.5. The minimum Gasteiger partial charge on any atom is -0.378 e. The van der Waals surface area contributed by atoms with Crippen LogP contribution < -0.4 is 19.6 Å². The Morgan fingerprint density at radius 1 is 0.480 bits per heavy atom. The van der Waals surface area contributed by atoms with Crippen molar-refractivity contribution in [3.05, 3.63) is 143 Å². The summed E-state index contributed by atoms with van der Waals surface area (Å²) in [7, 11) is 15.9. The molecule has 0 aliphatic heterocycles. The highest BCUT2D eigenvalue weighted by Gasteiger charge is 2.43. The quantitative estimate of drug-likeness (QED) is 0.0728. The molecule has 1 fully saturated rings. The highest BCUT2D eigenvalue weighted by Crippen LogP contribution is 2.32. The maximum absolute atomic E-state index is 13.8. The van der Waals surface area contributed by atoms with Gasteiger partial charge in [0.05, 0.1) is 11.5 Å². The smallest absolute Gasteiger partial charge is 0.232 e. The molecule has 4 aromatic carbocycles. The van der Waals surface area contributed by atoms with Crippen LogP contribution in [0.25, 0.3) is 11.1 Å². The molecule has 5 rings (SSSR count). The van der Waals surface area contributed by atoms with Gasteiger partial charge >= 0.3 is 0 Å². The molecular formula is C43H46N4O3. The summed E-state index contributed by atoms with van der Waals surface area (Å²) in [6.45, 7) is 0. The molecule has 0 heterocycles. The first kappa shape index (κ1) is 35.6. The first-order chi connectivity index (χ1) is 23.8. The molecule has 1 aliphatic rings. The number of hydrogen-bond donors (Lipinski definition) is 0. The SMILES string of the molecule is CN(C)c1ccc(C(=C/C=C2/C(=O)C(=O)C(CC=C(c3ccc(N(C)C)cc3)c3ccc(N(C)C)cc3)C2=O)c2ccc(N(C)C)cc2)cc1. The lowest BCUT2D eigenvalue weighted by Gasteiger charge is -2.16. The number of carbonyl (C=O) groups excluding carboxylic acids is 3. The van der Waals surface area contributed by atoms with Gasteiger partial charge in [-0.25, -0.2) is 0 Å². The van der Waals surface area contributed by atoms with Crippen molar-refractivity contribution >= 4 is 51.2 Å². The molecule has 1 atom stereocenters. The minimum absolute atomic E-state index is 0.0760. The highest BCUT2D eigenvalue weighted by molar-refractivity contribution is 6.59. The molecule has 50 heavy (non-hydrogen) atoms. The van der Waals surface area contributed by atoms with Crippen molar-refractivity contribution in [2.24, 2.45) is 5.92 Å². The third kappa shape index (κ3) is 7.78. The van der Waals surface area contributed by atoms with Crippen LogP contribution in [0.3, 0.4) is 0 Å². The molecule has 1 saturated carbocycles. The predicted octanol–water partition coefficient (Wildman–Crippen LogP) is 7.17. The third-order valence-electron chi connectivity index (χ3n) is 9.12. The van der Waals surface area contributed by atoms with Crippen LogP contribution in [-0.2, 0) is 14.4 Å². The number of benzene rings is 4. The molecule has 0 bridgehead atoms. The van der Waals surface area contributed by atoms with E-state index in [9.17, 15) is 14.4 Å². The summed E-state index contributed by atoms with van der Waals surface area (Å²) in [5.74, 6) is -2.91. The van der Waals surface area contributed by atoms with Crippen LogP contribution in [0.15, 0.2) is 121 Å². The van der Waals surface area contributed by atoms with Crippen LogP contribution in [0.4, 0.5) is 22.7 Å². The van der Waals surface area contributed by atoms with E-state index in [1.54, 1.807) is 6.08 Å². The van der Waals surface area contributed by atoms with Crippen LogP contribution in [0.5, 0.6) is 0 Å². The van der Waals surface area contributed by atoms with Gasteiger partial charge in [-0.2, -0.15) is 0 Å². The zero-order chi connectivity index (χ0) is 36.1. The van der Waals surface area contributed by atoms with Crippen molar-refractivity contribution in [2.75, 3.05) is 76.0 Å². The molecule has 1 aliphatic carbocycles. The summed E-state index contributed by atoms with van der Waals surface area (Å²) in [4.78, 5) is 48.6. The second-order valence-electron chi connectivity index (χ2n) is 13.4. The first-order valence-electron chi connectivity index (χ1n) is 16.7. The van der Waals surface area contributed by atoms with Crippen molar-refractivity contribution in [1.82, 2.24) is 0 Å². The maximum Gasteiger partial charge on any atom is 0.232 e. The Hall–Kier alpha value is -5.69. The number of allylic oxidation sites excluding steroid dienone is 4. The number of carbonyl (C=O) groups is 3. The lowest BCUT2D eigenvalue weighted by molar-refractivity contribution is -0.135. The fourth-order valence-electron chi connectivity index (χ4n) is 6.00. The molecule has 0 amide bonds. The third-order valence-corrected chi connectivity index (χ3v) is 9.12. The van der Waals surface area contributed by atoms with E-state index in [1.807, 2.05) is 179 Å². The molecular weight excluding hydrogens is 620 g/mol. The summed E-state index contributed by atoms with van der Waals surface area (Å²) in [5, 5.41) is 0. The average molecular weight is 667 g/mol. The molecule has 0 N–H and O–H groups in total. The Bertz CT molecular complexity index is 1840. The van der Waals surface area contributed by atoms with Gasteiger partial charge in [-0.3, -0.25) is 14.4 Å². The van der Waals surface area contributed by atoms with E-state index < -0.39 is 23.3 Å². The molecule has 7 nitrogen and oxygen atoms in total. The zero-order valence-corrected chi connectivity index (χ0v) is 30.3. The molecule has 7 heteroatoms. The van der Waals surface area contributed by atoms with E-state index in [4.69, 9.17) is 0 Å². The molecule has 4 aromatic rings. The predicted molar refractivity (Wildman–Crippen MR) is 208 cm³/mol. The highest BCUT2D eigenvalue weighted by atomic mass is 16.2. The van der Waals surface area contributed by atoms with Gasteiger partial charge in [-0.15, -0.1) is 0 Å². The van der Waals surface area contributed by atoms with Gasteiger partial charge in [0.1, 0.15) is 0 Å². The Kier molecular flexibility index (Phi) is 10.9. The van der Waals surface area contributed by atoms with Gasteiger partial charge < -0.3 is 19.6 Å². The fourth-order valence-corrected chi connectivity index (χ4v) is 6.00. The van der Waals surface area contributed by atoms with Crippen molar-refractivity contribution in [3.8, 4) is 0 Å². The van der Waals surface area contributed by atoms with Gasteiger partial charge in [0.15, 0.2) is 5.78 Å². The Labute approximate surface area is 296 Å². The number of ketones is 3. The van der Waals surface area contributed by atoms with Crippen LogP contribution >= 0.6 is 0 Å². The maximum atomic E-state index is 13.8. The number of Topliss-reactive ketones (excluding diaryl/α,β-unsaturated/α-hetero) is 3. The van der Waals surface area contributed by atoms with Gasteiger partial charge in [-0.05, 0) is 94.4 Å². The van der Waals surface area contributed by atoms with Crippen LogP contribution in [0, 0.1) is 5.92 Å². The summed E-state index contributed by atoms with van der Waals surface area (Å²) in [5.41, 5.74) is 9.68. The average Bonchev–Trinajstić information content (AvgIpc) is 3.31. The van der Waals surface area contributed by atoms with Gasteiger partial charge in [-0.1, -0.05) is 60.7 Å². The van der Waals surface area contributed by atoms with Gasteiger partial charge in [0, 0.05) is 79.1 Å². The molecule has 0 saturated heterocycles. The van der Waals surface area contributed by atoms with Crippen molar-refractivity contribution in [3.63, 3.8) is 0 Å². The van der Waals surface area contributed by atoms with Crippen molar-refractivity contribution in [2.45, 2.75) is 6.42 Å². The summed E-state index contributed by atoms with van der Waals surface area (Å²) < 4.78 is 0. The van der Waals surface area contributed by atoms with Crippen molar-refractivity contribution < 1.29 is 14.4 Å². The van der Waals surface area contributed by atoms with Gasteiger partial charge in [0.25, 0.3) is 0 Å². The van der Waals surface area contributed by atoms with Crippen molar-refractivity contribution in [1.29, 1.82) is 0 Å². The zero-order valence-electron chi connectivity index (χ0n) is 30.3. The normalized spacial score (nSPS) is 14.8. The lowest BCUT2D eigenvalue weighted by Crippen LogP contribution is -2.16. The second kappa shape index (κ2) is 15.2. The Morgan fingerprint density at radius 3 is 1.12 bits per heavy atom. The largest absolute Gasteiger partial charge is 0.378 e. The van der Waals surface area contributed by atoms with E-state index in [0.717, 1.165) is 56.1 Å². The van der Waals surface area contributed by atoms with Crippen LogP contribution in [0.2, 0.25) is 0 Å².